The number of aromatic nitrogens is 3. The average molecular weight is 224 g/mol. The molecule has 0 amide bonds. The quantitative estimate of drug-likeness (QED) is 0.835. The van der Waals surface area contributed by atoms with Crippen LogP contribution in [0.25, 0.3) is 0 Å². The van der Waals surface area contributed by atoms with Crippen LogP contribution in [-0.4, -0.2) is 14.8 Å². The van der Waals surface area contributed by atoms with Gasteiger partial charge in [0.2, 0.25) is 5.95 Å². The van der Waals surface area contributed by atoms with E-state index in [0.29, 0.717) is 5.82 Å². The van der Waals surface area contributed by atoms with Gasteiger partial charge in [-0.3, -0.25) is 0 Å². The molecular formula is C10H10F2N4. The monoisotopic (exact) mass is 224 g/mol. The Labute approximate surface area is 90.7 Å². The molecule has 0 radical (unpaired) electrons. The molecule has 2 aromatic rings. The van der Waals surface area contributed by atoms with Crippen LogP contribution < -0.4 is 5.73 Å². The predicted molar refractivity (Wildman–Crippen MR) is 54.6 cm³/mol. The lowest BCUT2D eigenvalue weighted by atomic mass is 10.1. The third kappa shape index (κ3) is 1.86. The largest absolute Gasteiger partial charge is 0.368 e. The first-order valence-electron chi connectivity index (χ1n) is 4.66. The number of rotatable bonds is 2. The second-order valence-electron chi connectivity index (χ2n) is 3.40. The Bertz CT molecular complexity index is 502. The highest BCUT2D eigenvalue weighted by Gasteiger charge is 2.11. The van der Waals surface area contributed by atoms with Crippen LogP contribution in [0, 0.1) is 11.6 Å². The predicted octanol–water partition coefficient (Wildman–Crippen LogP) is 1.27. The van der Waals surface area contributed by atoms with Gasteiger partial charge in [-0.15, -0.1) is 0 Å². The smallest absolute Gasteiger partial charge is 0.218 e. The van der Waals surface area contributed by atoms with Crippen molar-refractivity contribution in [1.82, 2.24) is 14.8 Å². The fraction of sp³-hybridized carbons (Fsp3) is 0.200. The Morgan fingerprint density at radius 1 is 1.38 bits per heavy atom. The van der Waals surface area contributed by atoms with Crippen LogP contribution in [0.15, 0.2) is 18.2 Å². The van der Waals surface area contributed by atoms with E-state index in [0.717, 1.165) is 6.07 Å². The lowest BCUT2D eigenvalue weighted by Gasteiger charge is -2.00. The maximum absolute atomic E-state index is 13.3. The van der Waals surface area contributed by atoms with Crippen LogP contribution >= 0.6 is 0 Å². The molecule has 0 aliphatic heterocycles. The van der Waals surface area contributed by atoms with Crippen molar-refractivity contribution in [2.24, 2.45) is 7.05 Å². The minimum Gasteiger partial charge on any atom is -0.368 e. The van der Waals surface area contributed by atoms with Crippen molar-refractivity contribution in [3.8, 4) is 0 Å². The van der Waals surface area contributed by atoms with E-state index < -0.39 is 11.6 Å². The Kier molecular flexibility index (Phi) is 2.55. The van der Waals surface area contributed by atoms with Gasteiger partial charge in [-0.2, -0.15) is 10.1 Å². The van der Waals surface area contributed by atoms with E-state index in [9.17, 15) is 8.78 Å². The molecule has 0 saturated heterocycles. The Morgan fingerprint density at radius 3 is 2.75 bits per heavy atom. The summed E-state index contributed by atoms with van der Waals surface area (Å²) in [4.78, 5) is 3.92. The summed E-state index contributed by atoms with van der Waals surface area (Å²) < 4.78 is 27.6. The van der Waals surface area contributed by atoms with Gasteiger partial charge in [-0.25, -0.2) is 13.5 Å². The van der Waals surface area contributed by atoms with E-state index in [2.05, 4.69) is 10.1 Å². The number of nitrogen functional groups attached to an aromatic ring is 1. The van der Waals surface area contributed by atoms with Gasteiger partial charge in [-0.1, -0.05) is 12.1 Å². The summed E-state index contributed by atoms with van der Waals surface area (Å²) in [6, 6.07) is 4.00. The molecule has 16 heavy (non-hydrogen) atoms. The zero-order chi connectivity index (χ0) is 11.7. The van der Waals surface area contributed by atoms with E-state index in [4.69, 9.17) is 5.73 Å². The number of benzene rings is 1. The summed E-state index contributed by atoms with van der Waals surface area (Å²) in [5.74, 6) is -1.13. The number of aryl methyl sites for hydroxylation is 1. The number of nitrogens with two attached hydrogens (primary N) is 1. The molecule has 84 valence electrons. The minimum absolute atomic E-state index is 0.120. The number of hydrogen-bond donors (Lipinski definition) is 1. The molecule has 1 aromatic carbocycles. The van der Waals surface area contributed by atoms with Crippen molar-refractivity contribution in [3.63, 3.8) is 0 Å². The SMILES string of the molecule is Cn1nc(Cc2cccc(F)c2F)nc1N. The van der Waals surface area contributed by atoms with Crippen molar-refractivity contribution in [2.75, 3.05) is 5.73 Å². The molecule has 1 aromatic heterocycles. The number of anilines is 1. The van der Waals surface area contributed by atoms with Crippen molar-refractivity contribution in [2.45, 2.75) is 6.42 Å². The minimum atomic E-state index is -0.874. The van der Waals surface area contributed by atoms with Gasteiger partial charge in [0, 0.05) is 13.5 Å². The van der Waals surface area contributed by atoms with E-state index in [1.165, 1.54) is 16.8 Å². The summed E-state index contributed by atoms with van der Waals surface area (Å²) in [7, 11) is 1.63. The lowest BCUT2D eigenvalue weighted by molar-refractivity contribution is 0.500. The van der Waals surface area contributed by atoms with Crippen LogP contribution in [0.2, 0.25) is 0 Å². The van der Waals surface area contributed by atoms with Gasteiger partial charge < -0.3 is 5.73 Å². The molecule has 0 unspecified atom stereocenters. The van der Waals surface area contributed by atoms with Gasteiger partial charge in [0.25, 0.3) is 0 Å². The van der Waals surface area contributed by atoms with E-state index >= 15 is 0 Å². The molecule has 0 spiro atoms. The van der Waals surface area contributed by atoms with Gasteiger partial charge >= 0.3 is 0 Å². The summed E-state index contributed by atoms with van der Waals surface area (Å²) in [6.45, 7) is 0. The Balaban J connectivity index is 2.30. The van der Waals surface area contributed by atoms with Gasteiger partial charge in [-0.05, 0) is 11.6 Å². The molecule has 2 N–H and O–H groups in total. The van der Waals surface area contributed by atoms with Crippen molar-refractivity contribution < 1.29 is 8.78 Å². The molecule has 0 aliphatic carbocycles. The molecule has 0 aliphatic rings. The maximum atomic E-state index is 13.3. The fourth-order valence-corrected chi connectivity index (χ4v) is 1.38. The number of nitrogens with zero attached hydrogens (tertiary/aromatic N) is 3. The standard InChI is InChI=1S/C10H10F2N4/c1-16-10(13)14-8(15-16)5-6-3-2-4-7(11)9(6)12/h2-4H,5H2,1H3,(H2,13,14,15). The number of halogens is 2. The third-order valence-corrected chi connectivity index (χ3v) is 2.22. The summed E-state index contributed by atoms with van der Waals surface area (Å²) in [5.41, 5.74) is 5.70. The zero-order valence-electron chi connectivity index (χ0n) is 8.61. The van der Waals surface area contributed by atoms with E-state index in [-0.39, 0.29) is 17.9 Å². The summed E-state index contributed by atoms with van der Waals surface area (Å²) in [6.07, 6.45) is 0.120. The van der Waals surface area contributed by atoms with Gasteiger partial charge in [0.05, 0.1) is 0 Å². The van der Waals surface area contributed by atoms with Crippen molar-refractivity contribution >= 4 is 5.95 Å². The van der Waals surface area contributed by atoms with Crippen LogP contribution in [0.3, 0.4) is 0 Å². The first-order valence-corrected chi connectivity index (χ1v) is 4.66. The Hall–Kier alpha value is -1.98. The lowest BCUT2D eigenvalue weighted by Crippen LogP contribution is -1.98. The van der Waals surface area contributed by atoms with Crippen LogP contribution in [-0.2, 0) is 13.5 Å². The molecule has 0 saturated carbocycles. The first kappa shape index (κ1) is 10.5. The molecule has 4 nitrogen and oxygen atoms in total. The second-order valence-corrected chi connectivity index (χ2v) is 3.40. The Morgan fingerprint density at radius 2 is 2.12 bits per heavy atom. The van der Waals surface area contributed by atoms with Gasteiger partial charge in [0.15, 0.2) is 17.5 Å². The highest BCUT2D eigenvalue weighted by atomic mass is 19.2. The third-order valence-electron chi connectivity index (χ3n) is 2.22. The fourth-order valence-electron chi connectivity index (χ4n) is 1.38. The topological polar surface area (TPSA) is 56.7 Å². The molecule has 0 fully saturated rings. The molecular weight excluding hydrogens is 214 g/mol. The maximum Gasteiger partial charge on any atom is 0.218 e. The van der Waals surface area contributed by atoms with Crippen molar-refractivity contribution in [3.05, 3.63) is 41.2 Å². The van der Waals surface area contributed by atoms with Crippen molar-refractivity contribution in [1.29, 1.82) is 0 Å². The summed E-state index contributed by atoms with van der Waals surface area (Å²) >= 11 is 0. The number of hydrogen-bond acceptors (Lipinski definition) is 3. The second kappa shape index (κ2) is 3.88. The summed E-state index contributed by atoms with van der Waals surface area (Å²) in [5, 5.41) is 3.97. The highest BCUT2D eigenvalue weighted by Crippen LogP contribution is 2.14. The van der Waals surface area contributed by atoms with E-state index in [1.54, 1.807) is 7.05 Å². The van der Waals surface area contributed by atoms with E-state index in [1.807, 2.05) is 0 Å². The average Bonchev–Trinajstić information content (AvgIpc) is 2.54. The molecule has 1 heterocycles. The first-order chi connectivity index (χ1) is 7.58. The highest BCUT2D eigenvalue weighted by molar-refractivity contribution is 5.24. The van der Waals surface area contributed by atoms with Crippen LogP contribution in [0.5, 0.6) is 0 Å². The molecule has 6 heteroatoms. The molecule has 0 bridgehead atoms. The van der Waals surface area contributed by atoms with Gasteiger partial charge in [0.1, 0.15) is 0 Å². The normalized spacial score (nSPS) is 10.7. The van der Waals surface area contributed by atoms with Crippen LogP contribution in [0.4, 0.5) is 14.7 Å². The molecule has 0 atom stereocenters. The molecule has 2 rings (SSSR count). The zero-order valence-corrected chi connectivity index (χ0v) is 8.61. The van der Waals surface area contributed by atoms with Crippen LogP contribution in [0.1, 0.15) is 11.4 Å².